The molecule has 3 aromatic carbocycles. The number of esters is 1. The summed E-state index contributed by atoms with van der Waals surface area (Å²) in [6, 6.07) is 20.0. The Bertz CT molecular complexity index is 1340. The molecule has 1 aliphatic heterocycles. The number of nitrogens with zero attached hydrogens (tertiary/aromatic N) is 1. The third-order valence-electron chi connectivity index (χ3n) is 7.87. The summed E-state index contributed by atoms with van der Waals surface area (Å²) in [4.78, 5) is 13.7. The Balaban J connectivity index is 1.55. The molecule has 37 heavy (non-hydrogen) atoms. The second-order valence-electron chi connectivity index (χ2n) is 9.92. The van der Waals surface area contributed by atoms with Crippen LogP contribution in [0.2, 0.25) is 0 Å². The lowest BCUT2D eigenvalue weighted by atomic mass is 9.76. The molecule has 1 unspecified atom stereocenters. The molecule has 1 N–H and O–H groups in total. The molecule has 2 aliphatic rings. The van der Waals surface area contributed by atoms with Gasteiger partial charge in [0, 0.05) is 18.3 Å². The van der Waals surface area contributed by atoms with Crippen LogP contribution >= 0.6 is 0 Å². The minimum absolute atomic E-state index is 0.130. The van der Waals surface area contributed by atoms with Crippen LogP contribution in [0, 0.1) is 0 Å². The Kier molecular flexibility index (Phi) is 6.05. The number of carbonyl (C=O) groups excluding carboxylic acids is 1. The first-order chi connectivity index (χ1) is 17.6. The lowest BCUT2D eigenvalue weighted by molar-refractivity contribution is -0.160. The van der Waals surface area contributed by atoms with Gasteiger partial charge in [0.1, 0.15) is 5.75 Å². The van der Waals surface area contributed by atoms with E-state index in [-0.39, 0.29) is 18.6 Å². The van der Waals surface area contributed by atoms with Gasteiger partial charge in [-0.2, -0.15) is 13.2 Å². The van der Waals surface area contributed by atoms with Crippen LogP contribution in [0.15, 0.2) is 72.8 Å². The number of carbonyl (C=O) groups is 1. The standard InChI is InChI=1S/C30H28F3NO3/c1-28(22-6-3-20(4-7-22)5-14-27(36)37-2)26-13-12-25(35)19-21(26)15-18-34(28)24-10-8-23(9-11-24)29(16-17-29)30(31,32)33/h3-14,19,35H,15-18H2,1-2H3/b14-5+. The predicted octanol–water partition coefficient (Wildman–Crippen LogP) is 6.50. The number of phenols is 1. The molecule has 192 valence electrons. The number of anilines is 1. The van der Waals surface area contributed by atoms with E-state index < -0.39 is 23.1 Å². The highest BCUT2D eigenvalue weighted by atomic mass is 19.4. The van der Waals surface area contributed by atoms with Crippen molar-refractivity contribution in [2.75, 3.05) is 18.6 Å². The Morgan fingerprint density at radius 1 is 1.00 bits per heavy atom. The van der Waals surface area contributed by atoms with Gasteiger partial charge >= 0.3 is 12.1 Å². The van der Waals surface area contributed by atoms with Crippen molar-refractivity contribution >= 4 is 17.7 Å². The van der Waals surface area contributed by atoms with Crippen LogP contribution in [-0.2, 0) is 26.9 Å². The quantitative estimate of drug-likeness (QED) is 0.317. The van der Waals surface area contributed by atoms with Gasteiger partial charge < -0.3 is 14.7 Å². The zero-order valence-electron chi connectivity index (χ0n) is 20.7. The van der Waals surface area contributed by atoms with Gasteiger partial charge in [0.05, 0.1) is 18.1 Å². The van der Waals surface area contributed by atoms with Crippen LogP contribution in [0.5, 0.6) is 5.75 Å². The van der Waals surface area contributed by atoms with E-state index in [0.29, 0.717) is 18.5 Å². The van der Waals surface area contributed by atoms with Crippen molar-refractivity contribution < 1.29 is 27.8 Å². The van der Waals surface area contributed by atoms with E-state index in [4.69, 9.17) is 0 Å². The van der Waals surface area contributed by atoms with Crippen molar-refractivity contribution in [3.63, 3.8) is 0 Å². The third kappa shape index (κ3) is 4.26. The molecule has 0 amide bonds. The molecule has 0 radical (unpaired) electrons. The Hall–Kier alpha value is -3.74. The SMILES string of the molecule is COC(=O)/C=C/c1ccc(C2(C)c3ccc(O)cc3CCN2c2ccc(C3(C(F)(F)F)CC3)cc2)cc1. The van der Waals surface area contributed by atoms with Gasteiger partial charge in [-0.3, -0.25) is 0 Å². The Morgan fingerprint density at radius 3 is 2.24 bits per heavy atom. The number of rotatable bonds is 5. The normalized spacial score (nSPS) is 20.5. The lowest BCUT2D eigenvalue weighted by Gasteiger charge is -2.48. The highest BCUT2D eigenvalue weighted by molar-refractivity contribution is 5.86. The van der Waals surface area contributed by atoms with Gasteiger partial charge in [-0.15, -0.1) is 0 Å². The monoisotopic (exact) mass is 507 g/mol. The minimum atomic E-state index is -4.25. The number of halogens is 3. The van der Waals surface area contributed by atoms with Gasteiger partial charge in [-0.25, -0.2) is 4.79 Å². The molecule has 4 nitrogen and oxygen atoms in total. The number of benzene rings is 3. The summed E-state index contributed by atoms with van der Waals surface area (Å²) < 4.78 is 45.7. The summed E-state index contributed by atoms with van der Waals surface area (Å²) in [5.74, 6) is -0.241. The molecule has 1 fully saturated rings. The van der Waals surface area contributed by atoms with E-state index in [1.54, 1.807) is 42.5 Å². The highest BCUT2D eigenvalue weighted by Crippen LogP contribution is 2.59. The highest BCUT2D eigenvalue weighted by Gasteiger charge is 2.64. The first kappa shape index (κ1) is 24.9. The maximum absolute atomic E-state index is 13.7. The van der Waals surface area contributed by atoms with Gasteiger partial charge in [0.25, 0.3) is 0 Å². The largest absolute Gasteiger partial charge is 0.508 e. The zero-order valence-corrected chi connectivity index (χ0v) is 20.7. The number of hydrogen-bond donors (Lipinski definition) is 1. The summed E-state index contributed by atoms with van der Waals surface area (Å²) in [5.41, 5.74) is 2.64. The summed E-state index contributed by atoms with van der Waals surface area (Å²) in [6.45, 7) is 2.72. The average Bonchev–Trinajstić information content (AvgIpc) is 3.70. The summed E-state index contributed by atoms with van der Waals surface area (Å²) in [5, 5.41) is 10.1. The first-order valence-corrected chi connectivity index (χ1v) is 12.2. The van der Waals surface area contributed by atoms with E-state index in [2.05, 4.69) is 16.6 Å². The number of fused-ring (bicyclic) bond motifs is 1. The predicted molar refractivity (Wildman–Crippen MR) is 137 cm³/mol. The second-order valence-corrected chi connectivity index (χ2v) is 9.92. The molecule has 1 saturated carbocycles. The van der Waals surface area contributed by atoms with Crippen LogP contribution in [0.1, 0.15) is 47.6 Å². The van der Waals surface area contributed by atoms with E-state index in [1.165, 1.54) is 13.2 Å². The van der Waals surface area contributed by atoms with Gasteiger partial charge in [-0.05, 0) is 84.3 Å². The van der Waals surface area contributed by atoms with Crippen molar-refractivity contribution in [3.05, 3.63) is 101 Å². The van der Waals surface area contributed by atoms with E-state index >= 15 is 0 Å². The molecule has 1 atom stereocenters. The number of methoxy groups -OCH3 is 1. The van der Waals surface area contributed by atoms with Gasteiger partial charge in [0.2, 0.25) is 0 Å². The summed E-state index contributed by atoms with van der Waals surface area (Å²) in [6.07, 6.45) is -0.269. The molecular weight excluding hydrogens is 479 g/mol. The summed E-state index contributed by atoms with van der Waals surface area (Å²) in [7, 11) is 1.32. The smallest absolute Gasteiger partial charge is 0.398 e. The van der Waals surface area contributed by atoms with Crippen LogP contribution in [0.4, 0.5) is 18.9 Å². The lowest BCUT2D eigenvalue weighted by Crippen LogP contribution is -2.49. The number of hydrogen-bond acceptors (Lipinski definition) is 4. The number of alkyl halides is 3. The Morgan fingerprint density at radius 2 is 1.65 bits per heavy atom. The molecule has 0 saturated heterocycles. The maximum Gasteiger partial charge on any atom is 0.398 e. The topological polar surface area (TPSA) is 49.8 Å². The molecule has 1 aliphatic carbocycles. The van der Waals surface area contributed by atoms with Crippen molar-refractivity contribution in [3.8, 4) is 5.75 Å². The molecule has 5 rings (SSSR count). The second kappa shape index (κ2) is 8.98. The van der Waals surface area contributed by atoms with Crippen molar-refractivity contribution in [1.82, 2.24) is 0 Å². The van der Waals surface area contributed by atoms with E-state index in [0.717, 1.165) is 27.9 Å². The third-order valence-corrected chi connectivity index (χ3v) is 7.87. The maximum atomic E-state index is 13.7. The fourth-order valence-corrected chi connectivity index (χ4v) is 5.53. The van der Waals surface area contributed by atoms with Crippen LogP contribution in [0.3, 0.4) is 0 Å². The van der Waals surface area contributed by atoms with Gasteiger partial charge in [0.15, 0.2) is 0 Å². The Labute approximate surface area is 214 Å². The van der Waals surface area contributed by atoms with Crippen LogP contribution in [0.25, 0.3) is 6.08 Å². The molecule has 1 heterocycles. The minimum Gasteiger partial charge on any atom is -0.508 e. The van der Waals surface area contributed by atoms with Crippen LogP contribution in [-0.4, -0.2) is 30.9 Å². The molecule has 7 heteroatoms. The van der Waals surface area contributed by atoms with E-state index in [9.17, 15) is 23.1 Å². The van der Waals surface area contributed by atoms with Crippen molar-refractivity contribution in [2.24, 2.45) is 0 Å². The molecule has 0 bridgehead atoms. The molecule has 0 aromatic heterocycles. The fraction of sp³-hybridized carbons (Fsp3) is 0.300. The number of phenolic OH excluding ortho intramolecular Hbond substituents is 1. The van der Waals surface area contributed by atoms with Crippen molar-refractivity contribution in [1.29, 1.82) is 0 Å². The molecular formula is C30H28F3NO3. The number of aromatic hydroxyl groups is 1. The zero-order chi connectivity index (χ0) is 26.4. The molecule has 0 spiro atoms. The molecule has 3 aromatic rings. The summed E-state index contributed by atoms with van der Waals surface area (Å²) >= 11 is 0. The van der Waals surface area contributed by atoms with Crippen LogP contribution < -0.4 is 4.90 Å². The van der Waals surface area contributed by atoms with Crippen molar-refractivity contribution in [2.45, 2.75) is 43.3 Å². The fourth-order valence-electron chi connectivity index (χ4n) is 5.53. The number of ether oxygens (including phenoxy) is 1. The first-order valence-electron chi connectivity index (χ1n) is 12.2. The van der Waals surface area contributed by atoms with Gasteiger partial charge in [-0.1, -0.05) is 42.5 Å². The van der Waals surface area contributed by atoms with E-state index in [1.807, 2.05) is 30.3 Å². The average molecular weight is 508 g/mol.